The van der Waals surface area contributed by atoms with Crippen LogP contribution in [-0.4, -0.2) is 24.6 Å². The largest absolute Gasteiger partial charge is 0.460 e. The normalized spacial score (nSPS) is 26.6. The molecule has 2 atom stereocenters. The molecular weight excluding hydrogens is 256 g/mol. The standard InChI is InChI=1S/C16H26O4/c1-11(12-5-4-8-16(2,3)9-12)15(18)19-10-14(17)20-13-6-7-13/h11-13H,4-10H2,1-3H3. The topological polar surface area (TPSA) is 52.6 Å². The average Bonchev–Trinajstić information content (AvgIpc) is 3.17. The van der Waals surface area contributed by atoms with Crippen LogP contribution in [0, 0.1) is 17.3 Å². The molecule has 2 saturated carbocycles. The first-order valence-electron chi connectivity index (χ1n) is 7.73. The Kier molecular flexibility index (Phi) is 4.71. The Morgan fingerprint density at radius 3 is 2.55 bits per heavy atom. The Balaban J connectivity index is 1.74. The molecule has 0 aromatic carbocycles. The predicted octanol–water partition coefficient (Wildman–Crippen LogP) is 3.09. The van der Waals surface area contributed by atoms with Gasteiger partial charge in [0, 0.05) is 0 Å². The molecule has 2 fully saturated rings. The first kappa shape index (κ1) is 15.3. The minimum absolute atomic E-state index is 0.0674. The van der Waals surface area contributed by atoms with Crippen molar-refractivity contribution in [2.24, 2.45) is 17.3 Å². The average molecular weight is 282 g/mol. The van der Waals surface area contributed by atoms with Gasteiger partial charge < -0.3 is 9.47 Å². The van der Waals surface area contributed by atoms with Crippen LogP contribution in [0.5, 0.6) is 0 Å². The number of ether oxygens (including phenoxy) is 2. The highest BCUT2D eigenvalue weighted by atomic mass is 16.6. The molecule has 0 N–H and O–H groups in total. The van der Waals surface area contributed by atoms with Crippen LogP contribution in [0.3, 0.4) is 0 Å². The smallest absolute Gasteiger partial charge is 0.344 e. The summed E-state index contributed by atoms with van der Waals surface area (Å²) >= 11 is 0. The van der Waals surface area contributed by atoms with Crippen molar-refractivity contribution in [3.05, 3.63) is 0 Å². The molecule has 20 heavy (non-hydrogen) atoms. The summed E-state index contributed by atoms with van der Waals surface area (Å²) in [4.78, 5) is 23.4. The minimum atomic E-state index is -0.419. The summed E-state index contributed by atoms with van der Waals surface area (Å²) in [7, 11) is 0. The van der Waals surface area contributed by atoms with E-state index >= 15 is 0 Å². The zero-order chi connectivity index (χ0) is 14.8. The van der Waals surface area contributed by atoms with Gasteiger partial charge in [-0.1, -0.05) is 27.2 Å². The van der Waals surface area contributed by atoms with Crippen LogP contribution >= 0.6 is 0 Å². The first-order valence-corrected chi connectivity index (χ1v) is 7.73. The molecule has 0 bridgehead atoms. The number of hydrogen-bond acceptors (Lipinski definition) is 4. The highest BCUT2D eigenvalue weighted by Gasteiger charge is 2.34. The summed E-state index contributed by atoms with van der Waals surface area (Å²) in [6, 6.07) is 0. The molecule has 2 rings (SSSR count). The van der Waals surface area contributed by atoms with Crippen LogP contribution in [0.4, 0.5) is 0 Å². The van der Waals surface area contributed by atoms with E-state index in [1.54, 1.807) is 0 Å². The van der Waals surface area contributed by atoms with E-state index in [0.717, 1.165) is 25.7 Å². The summed E-state index contributed by atoms with van der Waals surface area (Å²) in [6.07, 6.45) is 6.46. The number of carbonyl (C=O) groups excluding carboxylic acids is 2. The van der Waals surface area contributed by atoms with Gasteiger partial charge in [0.05, 0.1) is 5.92 Å². The van der Waals surface area contributed by atoms with E-state index in [4.69, 9.17) is 9.47 Å². The minimum Gasteiger partial charge on any atom is -0.460 e. The summed E-state index contributed by atoms with van der Waals surface area (Å²) in [5, 5.41) is 0. The third kappa shape index (κ3) is 4.50. The lowest BCUT2D eigenvalue weighted by atomic mass is 9.68. The highest BCUT2D eigenvalue weighted by Crippen LogP contribution is 2.41. The van der Waals surface area contributed by atoms with Gasteiger partial charge in [-0.25, -0.2) is 4.79 Å². The van der Waals surface area contributed by atoms with E-state index < -0.39 is 5.97 Å². The molecule has 4 nitrogen and oxygen atoms in total. The molecule has 0 heterocycles. The van der Waals surface area contributed by atoms with Crippen LogP contribution in [0.15, 0.2) is 0 Å². The van der Waals surface area contributed by atoms with Gasteiger partial charge in [0.15, 0.2) is 6.61 Å². The summed E-state index contributed by atoms with van der Waals surface area (Å²) in [5.41, 5.74) is 0.308. The van der Waals surface area contributed by atoms with Crippen LogP contribution in [0.2, 0.25) is 0 Å². The molecule has 2 aliphatic rings. The van der Waals surface area contributed by atoms with E-state index in [-0.39, 0.29) is 24.6 Å². The second kappa shape index (κ2) is 6.15. The van der Waals surface area contributed by atoms with Crippen molar-refractivity contribution in [2.75, 3.05) is 6.61 Å². The molecule has 0 amide bonds. The van der Waals surface area contributed by atoms with E-state index in [1.165, 1.54) is 12.8 Å². The summed E-state index contributed by atoms with van der Waals surface area (Å²) in [5.74, 6) is -0.452. The zero-order valence-corrected chi connectivity index (χ0v) is 12.8. The van der Waals surface area contributed by atoms with Gasteiger partial charge in [-0.15, -0.1) is 0 Å². The van der Waals surface area contributed by atoms with Crippen LogP contribution in [-0.2, 0) is 19.1 Å². The maximum absolute atomic E-state index is 12.0. The third-order valence-electron chi connectivity index (χ3n) is 4.48. The quantitative estimate of drug-likeness (QED) is 0.727. The van der Waals surface area contributed by atoms with Crippen molar-refractivity contribution in [3.63, 3.8) is 0 Å². The summed E-state index contributed by atoms with van der Waals surface area (Å²) in [6.45, 7) is 6.19. The van der Waals surface area contributed by atoms with Gasteiger partial charge in [-0.3, -0.25) is 4.79 Å². The fourth-order valence-electron chi connectivity index (χ4n) is 3.04. The summed E-state index contributed by atoms with van der Waals surface area (Å²) < 4.78 is 10.2. The first-order chi connectivity index (χ1) is 9.37. The van der Waals surface area contributed by atoms with E-state index in [1.807, 2.05) is 6.92 Å². The number of rotatable bonds is 5. The molecule has 0 spiro atoms. The van der Waals surface area contributed by atoms with Crippen molar-refractivity contribution < 1.29 is 19.1 Å². The molecule has 0 aromatic heterocycles. The van der Waals surface area contributed by atoms with Crippen LogP contribution in [0.1, 0.15) is 59.3 Å². The predicted molar refractivity (Wildman–Crippen MR) is 75.0 cm³/mol. The zero-order valence-electron chi connectivity index (χ0n) is 12.8. The second-order valence-electron chi connectivity index (χ2n) is 7.11. The molecule has 114 valence electrons. The highest BCUT2D eigenvalue weighted by molar-refractivity contribution is 5.77. The van der Waals surface area contributed by atoms with E-state index in [0.29, 0.717) is 11.3 Å². The van der Waals surface area contributed by atoms with Crippen molar-refractivity contribution in [1.29, 1.82) is 0 Å². The lowest BCUT2D eigenvalue weighted by Crippen LogP contribution is -2.32. The molecule has 4 heteroatoms. The second-order valence-corrected chi connectivity index (χ2v) is 7.11. The van der Waals surface area contributed by atoms with Crippen molar-refractivity contribution in [3.8, 4) is 0 Å². The lowest BCUT2D eigenvalue weighted by molar-refractivity contribution is -0.163. The number of carbonyl (C=O) groups is 2. The Hall–Kier alpha value is -1.06. The van der Waals surface area contributed by atoms with Crippen molar-refractivity contribution in [1.82, 2.24) is 0 Å². The molecular formula is C16H26O4. The molecule has 2 unspecified atom stereocenters. The Labute approximate surface area is 121 Å². The van der Waals surface area contributed by atoms with Gasteiger partial charge in [0.1, 0.15) is 6.10 Å². The maximum Gasteiger partial charge on any atom is 0.344 e. The Bertz CT molecular complexity index is 371. The molecule has 0 saturated heterocycles. The fraction of sp³-hybridized carbons (Fsp3) is 0.875. The molecule has 0 aliphatic heterocycles. The van der Waals surface area contributed by atoms with Crippen molar-refractivity contribution in [2.45, 2.75) is 65.4 Å². The van der Waals surface area contributed by atoms with Gasteiger partial charge in [0.25, 0.3) is 0 Å². The monoisotopic (exact) mass is 282 g/mol. The SMILES string of the molecule is CC(C(=O)OCC(=O)OC1CC1)C1CCCC(C)(C)C1. The van der Waals surface area contributed by atoms with E-state index in [2.05, 4.69) is 13.8 Å². The maximum atomic E-state index is 12.0. The van der Waals surface area contributed by atoms with Crippen molar-refractivity contribution >= 4 is 11.9 Å². The van der Waals surface area contributed by atoms with Gasteiger partial charge in [-0.05, 0) is 43.4 Å². The fourth-order valence-corrected chi connectivity index (χ4v) is 3.04. The van der Waals surface area contributed by atoms with E-state index in [9.17, 15) is 9.59 Å². The lowest BCUT2D eigenvalue weighted by Gasteiger charge is -2.37. The Morgan fingerprint density at radius 1 is 1.25 bits per heavy atom. The molecule has 0 radical (unpaired) electrons. The van der Waals surface area contributed by atoms with Crippen LogP contribution < -0.4 is 0 Å². The molecule has 0 aromatic rings. The van der Waals surface area contributed by atoms with Crippen LogP contribution in [0.25, 0.3) is 0 Å². The third-order valence-corrected chi connectivity index (χ3v) is 4.48. The van der Waals surface area contributed by atoms with Gasteiger partial charge in [0.2, 0.25) is 0 Å². The molecule has 2 aliphatic carbocycles. The number of esters is 2. The van der Waals surface area contributed by atoms with Gasteiger partial charge >= 0.3 is 11.9 Å². The Morgan fingerprint density at radius 2 is 1.95 bits per heavy atom. The number of hydrogen-bond donors (Lipinski definition) is 0. The van der Waals surface area contributed by atoms with Gasteiger partial charge in [-0.2, -0.15) is 0 Å².